The summed E-state index contributed by atoms with van der Waals surface area (Å²) in [5, 5.41) is 6.54. The Hall–Kier alpha value is -1.91. The molecule has 0 amide bonds. The van der Waals surface area contributed by atoms with Crippen LogP contribution in [0.2, 0.25) is 0 Å². The number of thiophene rings is 1. The van der Waals surface area contributed by atoms with Crippen LogP contribution in [-0.4, -0.2) is 9.78 Å². The highest BCUT2D eigenvalue weighted by molar-refractivity contribution is 7.10. The lowest BCUT2D eigenvalue weighted by atomic mass is 10.1. The van der Waals surface area contributed by atoms with Crippen LogP contribution in [0, 0.1) is 13.8 Å². The van der Waals surface area contributed by atoms with E-state index in [2.05, 4.69) is 54.7 Å². The lowest BCUT2D eigenvalue weighted by Gasteiger charge is -2.10. The number of hydrogen-bond donors (Lipinski definition) is 1. The van der Waals surface area contributed by atoms with Gasteiger partial charge in [0, 0.05) is 16.1 Å². The van der Waals surface area contributed by atoms with E-state index in [1.165, 1.54) is 5.56 Å². The Kier molecular flexibility index (Phi) is 3.42. The van der Waals surface area contributed by atoms with Crippen molar-refractivity contribution in [1.82, 2.24) is 9.78 Å². The third-order valence-electron chi connectivity index (χ3n) is 3.51. The number of aryl methyl sites for hydroxylation is 1. The van der Waals surface area contributed by atoms with Gasteiger partial charge >= 0.3 is 0 Å². The van der Waals surface area contributed by atoms with Crippen LogP contribution in [0.5, 0.6) is 0 Å². The monoisotopic (exact) mass is 283 g/mol. The molecule has 0 aliphatic heterocycles. The standard InChI is InChI=1S/C16H17N3S/c1-11-5-7-13(8-6-11)19-12(2)14(10-18-19)16(17)15-4-3-9-20-15/h3-10,16H,17H2,1-2H3. The Morgan fingerprint density at radius 1 is 1.15 bits per heavy atom. The molecule has 0 aliphatic rings. The van der Waals surface area contributed by atoms with Crippen molar-refractivity contribution in [2.24, 2.45) is 5.73 Å². The smallest absolute Gasteiger partial charge is 0.0679 e. The van der Waals surface area contributed by atoms with Gasteiger partial charge in [-0.3, -0.25) is 0 Å². The highest BCUT2D eigenvalue weighted by Gasteiger charge is 2.16. The zero-order valence-corrected chi connectivity index (χ0v) is 12.4. The average molecular weight is 283 g/mol. The van der Waals surface area contributed by atoms with E-state index in [1.54, 1.807) is 11.3 Å². The summed E-state index contributed by atoms with van der Waals surface area (Å²) in [6, 6.07) is 12.3. The van der Waals surface area contributed by atoms with Crippen molar-refractivity contribution in [1.29, 1.82) is 0 Å². The van der Waals surface area contributed by atoms with Crippen LogP contribution >= 0.6 is 11.3 Å². The van der Waals surface area contributed by atoms with Gasteiger partial charge in [0.15, 0.2) is 0 Å². The van der Waals surface area contributed by atoms with Crippen molar-refractivity contribution in [3.63, 3.8) is 0 Å². The van der Waals surface area contributed by atoms with Gasteiger partial charge in [-0.1, -0.05) is 23.8 Å². The Balaban J connectivity index is 1.98. The summed E-state index contributed by atoms with van der Waals surface area (Å²) in [6.45, 7) is 4.15. The van der Waals surface area contributed by atoms with E-state index in [0.717, 1.165) is 21.8 Å². The molecule has 0 saturated heterocycles. The Morgan fingerprint density at radius 3 is 2.55 bits per heavy atom. The largest absolute Gasteiger partial charge is 0.320 e. The molecule has 0 saturated carbocycles. The first-order chi connectivity index (χ1) is 9.66. The van der Waals surface area contributed by atoms with E-state index in [1.807, 2.05) is 16.9 Å². The highest BCUT2D eigenvalue weighted by Crippen LogP contribution is 2.27. The van der Waals surface area contributed by atoms with E-state index < -0.39 is 0 Å². The minimum absolute atomic E-state index is 0.103. The highest BCUT2D eigenvalue weighted by atomic mass is 32.1. The molecule has 0 bridgehead atoms. The van der Waals surface area contributed by atoms with Crippen molar-refractivity contribution >= 4 is 11.3 Å². The summed E-state index contributed by atoms with van der Waals surface area (Å²) in [6.07, 6.45) is 1.87. The Bertz CT molecular complexity index is 696. The summed E-state index contributed by atoms with van der Waals surface area (Å²) in [4.78, 5) is 1.16. The van der Waals surface area contributed by atoms with E-state index in [9.17, 15) is 0 Å². The van der Waals surface area contributed by atoms with Gasteiger partial charge in [-0.15, -0.1) is 11.3 Å². The number of rotatable bonds is 3. The second-order valence-corrected chi connectivity index (χ2v) is 5.91. The van der Waals surface area contributed by atoms with Crippen LogP contribution in [0.4, 0.5) is 0 Å². The lowest BCUT2D eigenvalue weighted by molar-refractivity contribution is 0.831. The second-order valence-electron chi connectivity index (χ2n) is 4.93. The number of hydrogen-bond acceptors (Lipinski definition) is 3. The van der Waals surface area contributed by atoms with Crippen molar-refractivity contribution in [3.8, 4) is 5.69 Å². The van der Waals surface area contributed by atoms with Crippen LogP contribution in [0.15, 0.2) is 48.0 Å². The Morgan fingerprint density at radius 2 is 1.90 bits per heavy atom. The van der Waals surface area contributed by atoms with Crippen molar-refractivity contribution in [2.45, 2.75) is 19.9 Å². The summed E-state index contributed by atoms with van der Waals surface area (Å²) in [5.41, 5.74) is 10.8. The van der Waals surface area contributed by atoms with Gasteiger partial charge in [0.2, 0.25) is 0 Å². The van der Waals surface area contributed by atoms with Crippen molar-refractivity contribution < 1.29 is 0 Å². The fourth-order valence-corrected chi connectivity index (χ4v) is 3.04. The minimum atomic E-state index is -0.103. The number of nitrogens with zero attached hydrogens (tertiary/aromatic N) is 2. The number of aromatic nitrogens is 2. The second kappa shape index (κ2) is 5.23. The fourth-order valence-electron chi connectivity index (χ4n) is 2.30. The SMILES string of the molecule is Cc1ccc(-n2ncc(C(N)c3cccs3)c2C)cc1. The maximum absolute atomic E-state index is 6.33. The molecule has 2 aromatic heterocycles. The molecular formula is C16H17N3S. The summed E-state index contributed by atoms with van der Waals surface area (Å²) >= 11 is 1.68. The Labute approximate surface area is 122 Å². The van der Waals surface area contributed by atoms with Crippen molar-refractivity contribution in [2.75, 3.05) is 0 Å². The molecule has 1 atom stereocenters. The molecule has 3 aromatic rings. The quantitative estimate of drug-likeness (QED) is 0.798. The molecule has 2 N–H and O–H groups in total. The van der Waals surface area contributed by atoms with Crippen molar-refractivity contribution in [3.05, 3.63) is 69.7 Å². The predicted octanol–water partition coefficient (Wildman–Crippen LogP) is 3.60. The van der Waals surface area contributed by atoms with Gasteiger partial charge in [-0.25, -0.2) is 4.68 Å². The average Bonchev–Trinajstić information content (AvgIpc) is 3.09. The first-order valence-corrected chi connectivity index (χ1v) is 7.45. The van der Waals surface area contributed by atoms with E-state index in [4.69, 9.17) is 5.73 Å². The first-order valence-electron chi connectivity index (χ1n) is 6.57. The third kappa shape index (κ3) is 2.28. The van der Waals surface area contributed by atoms with Gasteiger partial charge in [-0.05, 0) is 37.4 Å². The van der Waals surface area contributed by atoms with Crippen LogP contribution < -0.4 is 5.73 Å². The van der Waals surface area contributed by atoms with Gasteiger partial charge in [0.05, 0.1) is 17.9 Å². The molecule has 0 spiro atoms. The topological polar surface area (TPSA) is 43.8 Å². The lowest BCUT2D eigenvalue weighted by Crippen LogP contribution is -2.11. The van der Waals surface area contributed by atoms with Gasteiger partial charge in [0.1, 0.15) is 0 Å². The van der Waals surface area contributed by atoms with Crippen LogP contribution in [0.3, 0.4) is 0 Å². The zero-order valence-electron chi connectivity index (χ0n) is 11.6. The minimum Gasteiger partial charge on any atom is -0.320 e. The number of benzene rings is 1. The van der Waals surface area contributed by atoms with E-state index in [0.29, 0.717) is 0 Å². The molecular weight excluding hydrogens is 266 g/mol. The fraction of sp³-hybridized carbons (Fsp3) is 0.188. The molecule has 102 valence electrons. The molecule has 1 aromatic carbocycles. The number of nitrogens with two attached hydrogens (primary N) is 1. The van der Waals surface area contributed by atoms with Gasteiger partial charge in [0.25, 0.3) is 0 Å². The third-order valence-corrected chi connectivity index (χ3v) is 4.47. The normalized spacial score (nSPS) is 12.6. The molecule has 0 radical (unpaired) electrons. The first kappa shape index (κ1) is 13.1. The van der Waals surface area contributed by atoms with Gasteiger partial charge in [-0.2, -0.15) is 5.10 Å². The molecule has 3 rings (SSSR count). The molecule has 1 unspecified atom stereocenters. The maximum Gasteiger partial charge on any atom is 0.0679 e. The summed E-state index contributed by atoms with van der Waals surface area (Å²) in [5.74, 6) is 0. The maximum atomic E-state index is 6.33. The van der Waals surface area contributed by atoms with Crippen LogP contribution in [-0.2, 0) is 0 Å². The summed E-state index contributed by atoms with van der Waals surface area (Å²) < 4.78 is 1.95. The zero-order chi connectivity index (χ0) is 14.1. The molecule has 0 fully saturated rings. The molecule has 0 aliphatic carbocycles. The molecule has 20 heavy (non-hydrogen) atoms. The van der Waals surface area contributed by atoms with Crippen LogP contribution in [0.1, 0.15) is 27.7 Å². The molecule has 4 heteroatoms. The van der Waals surface area contributed by atoms with Crippen LogP contribution in [0.25, 0.3) is 5.69 Å². The van der Waals surface area contributed by atoms with E-state index in [-0.39, 0.29) is 6.04 Å². The molecule has 3 nitrogen and oxygen atoms in total. The predicted molar refractivity (Wildman–Crippen MR) is 83.4 cm³/mol. The van der Waals surface area contributed by atoms with Gasteiger partial charge < -0.3 is 5.73 Å². The summed E-state index contributed by atoms with van der Waals surface area (Å²) in [7, 11) is 0. The van der Waals surface area contributed by atoms with E-state index >= 15 is 0 Å². The molecule has 2 heterocycles.